The van der Waals surface area contributed by atoms with Crippen LogP contribution in [-0.2, 0) is 9.53 Å². The number of cyclic esters (lactones) is 1. The van der Waals surface area contributed by atoms with Gasteiger partial charge in [0.1, 0.15) is 11.6 Å². The van der Waals surface area contributed by atoms with Crippen LogP contribution in [0.3, 0.4) is 0 Å². The standard InChI is InChI=1S/C14H14N2O2/c17-14-11(5-6-18-14)12-8-16-7-10(9-1-2-9)3-4-13(16)15-12/h3-4,7-9,11H,1-2,5-6H2/t11-/m0/s1. The molecule has 0 radical (unpaired) electrons. The summed E-state index contributed by atoms with van der Waals surface area (Å²) < 4.78 is 7.04. The molecule has 4 nitrogen and oxygen atoms in total. The summed E-state index contributed by atoms with van der Waals surface area (Å²) in [5, 5.41) is 0. The summed E-state index contributed by atoms with van der Waals surface area (Å²) in [5.41, 5.74) is 3.12. The van der Waals surface area contributed by atoms with E-state index in [2.05, 4.69) is 17.2 Å². The van der Waals surface area contributed by atoms with Gasteiger partial charge in [-0.25, -0.2) is 4.98 Å². The molecule has 0 N–H and O–H groups in total. The van der Waals surface area contributed by atoms with E-state index in [1.54, 1.807) is 0 Å². The molecule has 0 unspecified atom stereocenters. The van der Waals surface area contributed by atoms with Crippen LogP contribution < -0.4 is 0 Å². The number of pyridine rings is 1. The smallest absolute Gasteiger partial charge is 0.315 e. The Morgan fingerprint density at radius 2 is 2.11 bits per heavy atom. The lowest BCUT2D eigenvalue weighted by molar-refractivity contribution is -0.139. The predicted octanol–water partition coefficient (Wildman–Crippen LogP) is 2.24. The predicted molar refractivity (Wildman–Crippen MR) is 65.5 cm³/mol. The molecule has 1 aliphatic carbocycles. The molecule has 2 fully saturated rings. The number of hydrogen-bond donors (Lipinski definition) is 0. The summed E-state index contributed by atoms with van der Waals surface area (Å²) in [6.45, 7) is 0.519. The summed E-state index contributed by atoms with van der Waals surface area (Å²) in [7, 11) is 0. The number of aromatic nitrogens is 2. The van der Waals surface area contributed by atoms with Gasteiger partial charge in [-0.3, -0.25) is 4.79 Å². The average molecular weight is 242 g/mol. The first-order valence-corrected chi connectivity index (χ1v) is 6.46. The topological polar surface area (TPSA) is 43.6 Å². The Kier molecular flexibility index (Phi) is 2.01. The van der Waals surface area contributed by atoms with Gasteiger partial charge in [0.2, 0.25) is 0 Å². The fourth-order valence-corrected chi connectivity index (χ4v) is 2.62. The largest absolute Gasteiger partial charge is 0.465 e. The van der Waals surface area contributed by atoms with Crippen molar-refractivity contribution >= 4 is 11.6 Å². The molecule has 1 saturated carbocycles. The number of esters is 1. The summed E-state index contributed by atoms with van der Waals surface area (Å²) in [6, 6.07) is 4.19. The van der Waals surface area contributed by atoms with E-state index in [0.29, 0.717) is 6.61 Å². The van der Waals surface area contributed by atoms with Gasteiger partial charge in [-0.2, -0.15) is 0 Å². The molecule has 18 heavy (non-hydrogen) atoms. The van der Waals surface area contributed by atoms with Gasteiger partial charge in [0, 0.05) is 18.8 Å². The first-order chi connectivity index (χ1) is 8.81. The molecule has 4 heteroatoms. The highest BCUT2D eigenvalue weighted by Gasteiger charge is 2.30. The summed E-state index contributed by atoms with van der Waals surface area (Å²) in [4.78, 5) is 16.1. The van der Waals surface area contributed by atoms with E-state index in [1.807, 2.05) is 16.7 Å². The highest BCUT2D eigenvalue weighted by Crippen LogP contribution is 2.40. The number of carbonyl (C=O) groups excluding carboxylic acids is 1. The molecule has 0 aromatic carbocycles. The Hall–Kier alpha value is -1.84. The minimum absolute atomic E-state index is 0.138. The van der Waals surface area contributed by atoms with Crippen LogP contribution in [-0.4, -0.2) is 22.0 Å². The third kappa shape index (κ3) is 1.52. The average Bonchev–Trinajstić information content (AvgIpc) is 3.00. The molecule has 4 rings (SSSR count). The maximum atomic E-state index is 11.6. The van der Waals surface area contributed by atoms with Gasteiger partial charge < -0.3 is 9.14 Å². The number of carbonyl (C=O) groups is 1. The second kappa shape index (κ2) is 3.57. The summed E-state index contributed by atoms with van der Waals surface area (Å²) >= 11 is 0. The molecule has 1 aliphatic heterocycles. The van der Waals surface area contributed by atoms with E-state index >= 15 is 0 Å². The van der Waals surface area contributed by atoms with Crippen molar-refractivity contribution in [2.75, 3.05) is 6.61 Å². The zero-order valence-corrected chi connectivity index (χ0v) is 10.0. The molecule has 92 valence electrons. The third-order valence-electron chi connectivity index (χ3n) is 3.83. The summed E-state index contributed by atoms with van der Waals surface area (Å²) in [6.07, 6.45) is 7.45. The van der Waals surface area contributed by atoms with Crippen LogP contribution >= 0.6 is 0 Å². The Morgan fingerprint density at radius 1 is 1.22 bits per heavy atom. The molecule has 0 amide bonds. The first kappa shape index (κ1) is 10.1. The van der Waals surface area contributed by atoms with Crippen molar-refractivity contribution in [1.29, 1.82) is 0 Å². The number of fused-ring (bicyclic) bond motifs is 1. The second-order valence-electron chi connectivity index (χ2n) is 5.18. The molecule has 1 atom stereocenters. The first-order valence-electron chi connectivity index (χ1n) is 6.46. The van der Waals surface area contributed by atoms with Crippen LogP contribution in [0.5, 0.6) is 0 Å². The lowest BCUT2D eigenvalue weighted by Gasteiger charge is -1.98. The van der Waals surface area contributed by atoms with Crippen molar-refractivity contribution in [2.24, 2.45) is 0 Å². The molecule has 1 saturated heterocycles. The molecule has 2 aromatic rings. The van der Waals surface area contributed by atoms with E-state index in [1.165, 1.54) is 18.4 Å². The van der Waals surface area contributed by atoms with Crippen LogP contribution in [0.25, 0.3) is 5.65 Å². The van der Waals surface area contributed by atoms with Gasteiger partial charge in [0.15, 0.2) is 0 Å². The number of ether oxygens (including phenoxy) is 1. The van der Waals surface area contributed by atoms with Gasteiger partial charge in [0.05, 0.1) is 12.3 Å². The molecule has 2 aromatic heterocycles. The summed E-state index contributed by atoms with van der Waals surface area (Å²) in [5.74, 6) is 0.423. The zero-order valence-electron chi connectivity index (χ0n) is 10.0. The molecule has 0 bridgehead atoms. The van der Waals surface area contributed by atoms with Crippen LogP contribution in [0, 0.1) is 0 Å². The Labute approximate surface area is 105 Å². The second-order valence-corrected chi connectivity index (χ2v) is 5.18. The van der Waals surface area contributed by atoms with Crippen LogP contribution in [0.4, 0.5) is 0 Å². The highest BCUT2D eigenvalue weighted by atomic mass is 16.5. The Morgan fingerprint density at radius 3 is 2.83 bits per heavy atom. The lowest BCUT2D eigenvalue weighted by Crippen LogP contribution is -2.05. The van der Waals surface area contributed by atoms with Crippen molar-refractivity contribution in [2.45, 2.75) is 31.1 Å². The van der Waals surface area contributed by atoms with Crippen LogP contribution in [0.1, 0.15) is 42.4 Å². The van der Waals surface area contributed by atoms with Gasteiger partial charge >= 0.3 is 5.97 Å². The van der Waals surface area contributed by atoms with Gasteiger partial charge in [-0.1, -0.05) is 6.07 Å². The van der Waals surface area contributed by atoms with E-state index in [0.717, 1.165) is 23.7 Å². The maximum Gasteiger partial charge on any atom is 0.315 e. The van der Waals surface area contributed by atoms with Crippen molar-refractivity contribution in [3.63, 3.8) is 0 Å². The fourth-order valence-electron chi connectivity index (χ4n) is 2.62. The lowest BCUT2D eigenvalue weighted by atomic mass is 10.1. The maximum absolute atomic E-state index is 11.6. The van der Waals surface area contributed by atoms with E-state index in [-0.39, 0.29) is 11.9 Å². The molecular formula is C14H14N2O2. The molecular weight excluding hydrogens is 228 g/mol. The van der Waals surface area contributed by atoms with Gasteiger partial charge in [-0.15, -0.1) is 0 Å². The fraction of sp³-hybridized carbons (Fsp3) is 0.429. The number of imidazole rings is 1. The van der Waals surface area contributed by atoms with Gasteiger partial charge in [0.25, 0.3) is 0 Å². The highest BCUT2D eigenvalue weighted by molar-refractivity contribution is 5.79. The third-order valence-corrected chi connectivity index (χ3v) is 3.83. The van der Waals surface area contributed by atoms with Crippen molar-refractivity contribution in [3.8, 4) is 0 Å². The van der Waals surface area contributed by atoms with E-state index in [4.69, 9.17) is 4.74 Å². The van der Waals surface area contributed by atoms with Crippen LogP contribution in [0.2, 0.25) is 0 Å². The van der Waals surface area contributed by atoms with Crippen molar-refractivity contribution in [3.05, 3.63) is 35.8 Å². The Balaban J connectivity index is 1.76. The Bertz CT molecular complexity index is 628. The van der Waals surface area contributed by atoms with Crippen molar-refractivity contribution < 1.29 is 9.53 Å². The minimum Gasteiger partial charge on any atom is -0.465 e. The molecule has 2 aliphatic rings. The number of nitrogens with zero attached hydrogens (tertiary/aromatic N) is 2. The monoisotopic (exact) mass is 242 g/mol. The molecule has 3 heterocycles. The normalized spacial score (nSPS) is 23.6. The molecule has 0 spiro atoms. The van der Waals surface area contributed by atoms with Crippen LogP contribution in [0.15, 0.2) is 24.5 Å². The minimum atomic E-state index is -0.172. The van der Waals surface area contributed by atoms with E-state index < -0.39 is 0 Å². The van der Waals surface area contributed by atoms with E-state index in [9.17, 15) is 4.79 Å². The number of rotatable bonds is 2. The number of hydrogen-bond acceptors (Lipinski definition) is 3. The van der Waals surface area contributed by atoms with Gasteiger partial charge in [-0.05, 0) is 30.4 Å². The SMILES string of the molecule is O=C1OCC[C@H]1c1cn2cc(C3CC3)ccc2n1. The zero-order chi connectivity index (χ0) is 12.1. The quantitative estimate of drug-likeness (QED) is 0.758. The van der Waals surface area contributed by atoms with Crippen molar-refractivity contribution in [1.82, 2.24) is 9.38 Å².